The van der Waals surface area contributed by atoms with Gasteiger partial charge in [0, 0.05) is 6.42 Å². The SMILES string of the molecule is CCCCCCCCCCCCCCCC(=O)OCC(CC)CCCC.OC1CCC2C(CCC3C4CCCC4CCC23)C1. The summed E-state index contributed by atoms with van der Waals surface area (Å²) in [5.41, 5.74) is 0. The van der Waals surface area contributed by atoms with Crippen LogP contribution >= 0.6 is 0 Å². The second-order valence-corrected chi connectivity index (χ2v) is 15.8. The molecule has 0 bridgehead atoms. The van der Waals surface area contributed by atoms with Crippen molar-refractivity contribution in [2.75, 3.05) is 6.61 Å². The Morgan fingerprint density at radius 3 is 1.77 bits per heavy atom. The number of hydrogen-bond donors (Lipinski definition) is 1. The molecule has 3 heteroatoms. The van der Waals surface area contributed by atoms with Crippen LogP contribution in [0.4, 0.5) is 0 Å². The van der Waals surface area contributed by atoms with Crippen molar-refractivity contribution < 1.29 is 14.6 Å². The highest BCUT2D eigenvalue weighted by Crippen LogP contribution is 2.57. The van der Waals surface area contributed by atoms with Crippen LogP contribution in [0.25, 0.3) is 0 Å². The Kier molecular flexibility index (Phi) is 19.7. The number of carbonyl (C=O) groups excluding carboxylic acids is 1. The van der Waals surface area contributed by atoms with E-state index < -0.39 is 0 Å². The van der Waals surface area contributed by atoms with E-state index >= 15 is 0 Å². The first kappa shape index (κ1) is 37.9. The molecule has 0 heterocycles. The summed E-state index contributed by atoms with van der Waals surface area (Å²) in [6.45, 7) is 7.32. The lowest BCUT2D eigenvalue weighted by Crippen LogP contribution is -2.45. The van der Waals surface area contributed by atoms with E-state index in [-0.39, 0.29) is 12.1 Å². The van der Waals surface area contributed by atoms with Gasteiger partial charge in [0.05, 0.1) is 12.7 Å². The van der Waals surface area contributed by atoms with Gasteiger partial charge in [-0.1, -0.05) is 130 Å². The molecule has 0 aromatic rings. The highest BCUT2D eigenvalue weighted by molar-refractivity contribution is 5.69. The van der Waals surface area contributed by atoms with E-state index in [2.05, 4.69) is 20.8 Å². The van der Waals surface area contributed by atoms with Crippen LogP contribution < -0.4 is 0 Å². The first-order chi connectivity index (χ1) is 21.6. The lowest BCUT2D eigenvalue weighted by molar-refractivity contribution is -0.145. The maximum Gasteiger partial charge on any atom is 0.305 e. The van der Waals surface area contributed by atoms with Crippen LogP contribution in [-0.4, -0.2) is 23.8 Å². The van der Waals surface area contributed by atoms with Crippen LogP contribution in [0.1, 0.15) is 201 Å². The molecule has 4 rings (SSSR count). The molecule has 3 nitrogen and oxygen atoms in total. The number of aliphatic hydroxyl groups is 1. The average molecular weight is 617 g/mol. The minimum atomic E-state index is 0.0167. The molecule has 4 aliphatic carbocycles. The number of fused-ring (bicyclic) bond motifs is 5. The van der Waals surface area contributed by atoms with Gasteiger partial charge in [-0.15, -0.1) is 0 Å². The smallest absolute Gasteiger partial charge is 0.305 e. The molecule has 0 aromatic carbocycles. The van der Waals surface area contributed by atoms with E-state index in [1.165, 1.54) is 135 Å². The quantitative estimate of drug-likeness (QED) is 0.109. The molecular formula is C41H76O3. The highest BCUT2D eigenvalue weighted by Gasteiger charge is 2.49. The molecular weight excluding hydrogens is 540 g/mol. The van der Waals surface area contributed by atoms with Crippen LogP contribution in [0.15, 0.2) is 0 Å². The van der Waals surface area contributed by atoms with E-state index in [4.69, 9.17) is 4.74 Å². The standard InChI is InChI=1S/C24H48O2.C17H28O/c1-4-7-9-10-11-12-13-14-15-16-17-18-19-21-24(25)26-22-23(6-3)20-8-5-2;18-13-6-9-15-12(10-13)5-8-16-14-3-1-2-11(14)4-7-17(15)16/h23H,4-22H2,1-3H3;11-18H,1-10H2. The normalized spacial score (nSPS) is 30.0. The van der Waals surface area contributed by atoms with Gasteiger partial charge in [-0.3, -0.25) is 4.79 Å². The summed E-state index contributed by atoms with van der Waals surface area (Å²) in [6, 6.07) is 0. The molecule has 0 saturated heterocycles. The van der Waals surface area contributed by atoms with E-state index in [1.807, 2.05) is 0 Å². The molecule has 0 amide bonds. The van der Waals surface area contributed by atoms with Crippen molar-refractivity contribution in [1.29, 1.82) is 0 Å². The third-order valence-corrected chi connectivity index (χ3v) is 12.6. The monoisotopic (exact) mass is 617 g/mol. The van der Waals surface area contributed by atoms with E-state index in [9.17, 15) is 9.90 Å². The van der Waals surface area contributed by atoms with E-state index in [0.717, 1.165) is 61.2 Å². The fourth-order valence-corrected chi connectivity index (χ4v) is 9.92. The number of rotatable bonds is 20. The minimum absolute atomic E-state index is 0.0167. The summed E-state index contributed by atoms with van der Waals surface area (Å²) in [6.07, 6.45) is 37.0. The molecule has 8 atom stereocenters. The highest BCUT2D eigenvalue weighted by atomic mass is 16.5. The van der Waals surface area contributed by atoms with Crippen molar-refractivity contribution in [3.05, 3.63) is 0 Å². The topological polar surface area (TPSA) is 46.5 Å². The minimum Gasteiger partial charge on any atom is -0.465 e. The van der Waals surface area contributed by atoms with Gasteiger partial charge in [-0.2, -0.15) is 0 Å². The summed E-state index contributed by atoms with van der Waals surface area (Å²) in [5.74, 6) is 6.81. The first-order valence-corrected chi connectivity index (χ1v) is 20.4. The maximum absolute atomic E-state index is 11.8. The Bertz CT molecular complexity index is 721. The van der Waals surface area contributed by atoms with Crippen molar-refractivity contribution in [2.45, 2.75) is 207 Å². The van der Waals surface area contributed by atoms with Crippen LogP contribution in [-0.2, 0) is 9.53 Å². The maximum atomic E-state index is 11.8. The number of carbonyl (C=O) groups is 1. The van der Waals surface area contributed by atoms with Gasteiger partial charge < -0.3 is 9.84 Å². The average Bonchev–Trinajstić information content (AvgIpc) is 3.53. The van der Waals surface area contributed by atoms with Gasteiger partial charge in [0.25, 0.3) is 0 Å². The Balaban J connectivity index is 0.000000253. The van der Waals surface area contributed by atoms with Gasteiger partial charge in [0.15, 0.2) is 0 Å². The summed E-state index contributed by atoms with van der Waals surface area (Å²) in [7, 11) is 0. The van der Waals surface area contributed by atoms with E-state index in [1.54, 1.807) is 12.8 Å². The zero-order valence-electron chi connectivity index (χ0n) is 29.9. The second-order valence-electron chi connectivity index (χ2n) is 15.8. The van der Waals surface area contributed by atoms with Crippen molar-refractivity contribution in [3.63, 3.8) is 0 Å². The van der Waals surface area contributed by atoms with Gasteiger partial charge in [0.2, 0.25) is 0 Å². The molecule has 258 valence electrons. The van der Waals surface area contributed by atoms with E-state index in [0.29, 0.717) is 18.9 Å². The third-order valence-electron chi connectivity index (χ3n) is 12.6. The Morgan fingerprint density at radius 2 is 1.16 bits per heavy atom. The van der Waals surface area contributed by atoms with Crippen LogP contribution in [0.2, 0.25) is 0 Å². The zero-order valence-corrected chi connectivity index (χ0v) is 29.9. The summed E-state index contributed by atoms with van der Waals surface area (Å²) in [4.78, 5) is 11.8. The number of aliphatic hydroxyl groups excluding tert-OH is 1. The summed E-state index contributed by atoms with van der Waals surface area (Å²) in [5, 5.41) is 9.89. The van der Waals surface area contributed by atoms with Gasteiger partial charge in [-0.25, -0.2) is 0 Å². The molecule has 0 radical (unpaired) electrons. The van der Waals surface area contributed by atoms with Crippen LogP contribution in [0.5, 0.6) is 0 Å². The molecule has 4 fully saturated rings. The molecule has 1 N–H and O–H groups in total. The van der Waals surface area contributed by atoms with Crippen LogP contribution in [0.3, 0.4) is 0 Å². The number of esters is 1. The molecule has 0 aliphatic heterocycles. The Labute approximate surface area is 274 Å². The third kappa shape index (κ3) is 13.7. The van der Waals surface area contributed by atoms with Crippen LogP contribution in [0, 0.1) is 41.4 Å². The zero-order chi connectivity index (χ0) is 31.4. The molecule has 8 unspecified atom stereocenters. The molecule has 4 aliphatic rings. The predicted molar refractivity (Wildman–Crippen MR) is 188 cm³/mol. The second kappa shape index (κ2) is 22.9. The lowest BCUT2D eigenvalue weighted by atomic mass is 9.53. The summed E-state index contributed by atoms with van der Waals surface area (Å²) >= 11 is 0. The number of ether oxygens (including phenoxy) is 1. The fourth-order valence-electron chi connectivity index (χ4n) is 9.92. The van der Waals surface area contributed by atoms with Crippen molar-refractivity contribution in [2.24, 2.45) is 41.4 Å². The van der Waals surface area contributed by atoms with Gasteiger partial charge >= 0.3 is 5.97 Å². The molecule has 4 saturated carbocycles. The summed E-state index contributed by atoms with van der Waals surface area (Å²) < 4.78 is 5.46. The van der Waals surface area contributed by atoms with Crippen molar-refractivity contribution in [1.82, 2.24) is 0 Å². The molecule has 0 spiro atoms. The number of hydrogen-bond acceptors (Lipinski definition) is 3. The fraction of sp³-hybridized carbons (Fsp3) is 0.976. The number of unbranched alkanes of at least 4 members (excludes halogenated alkanes) is 13. The van der Waals surface area contributed by atoms with Crippen molar-refractivity contribution in [3.8, 4) is 0 Å². The molecule has 0 aromatic heterocycles. The lowest BCUT2D eigenvalue weighted by Gasteiger charge is -2.52. The Hall–Kier alpha value is -0.570. The molecule has 44 heavy (non-hydrogen) atoms. The van der Waals surface area contributed by atoms with Gasteiger partial charge in [0.1, 0.15) is 0 Å². The van der Waals surface area contributed by atoms with Gasteiger partial charge in [-0.05, 0) is 106 Å². The Morgan fingerprint density at radius 1 is 0.614 bits per heavy atom. The van der Waals surface area contributed by atoms with Crippen molar-refractivity contribution >= 4 is 5.97 Å². The largest absolute Gasteiger partial charge is 0.465 e. The first-order valence-electron chi connectivity index (χ1n) is 20.4. The predicted octanol–water partition coefficient (Wildman–Crippen LogP) is 12.2.